The average molecular weight is 456 g/mol. The van der Waals surface area contributed by atoms with E-state index in [2.05, 4.69) is 0 Å². The van der Waals surface area contributed by atoms with E-state index in [1.54, 1.807) is 49.4 Å². The SMILES string of the molecule is CCCOc1ccc(/C=C2\C(=O)N(c3ccc(Cl)cc3)C(C)=C2C(=O)OC)cc1OCC. The summed E-state index contributed by atoms with van der Waals surface area (Å²) < 4.78 is 16.4. The summed E-state index contributed by atoms with van der Waals surface area (Å²) in [5.41, 5.74) is 2.27. The number of ether oxygens (including phenoxy) is 3. The molecule has 0 unspecified atom stereocenters. The van der Waals surface area contributed by atoms with Crippen molar-refractivity contribution >= 4 is 35.2 Å². The number of allylic oxidation sites excluding steroid dienone is 1. The highest BCUT2D eigenvalue weighted by Gasteiger charge is 2.37. The lowest BCUT2D eigenvalue weighted by molar-refractivity contribution is -0.136. The van der Waals surface area contributed by atoms with Crippen LogP contribution in [0.3, 0.4) is 0 Å². The largest absolute Gasteiger partial charge is 0.490 e. The minimum atomic E-state index is -0.577. The number of anilines is 1. The molecule has 0 radical (unpaired) electrons. The molecule has 0 aliphatic carbocycles. The molecule has 0 aromatic heterocycles. The van der Waals surface area contributed by atoms with Gasteiger partial charge in [0.15, 0.2) is 11.5 Å². The van der Waals surface area contributed by atoms with Crippen LogP contribution < -0.4 is 14.4 Å². The maximum absolute atomic E-state index is 13.4. The fourth-order valence-electron chi connectivity index (χ4n) is 3.46. The fraction of sp³-hybridized carbons (Fsp3) is 0.280. The molecule has 0 spiro atoms. The quantitative estimate of drug-likeness (QED) is 0.393. The topological polar surface area (TPSA) is 65.1 Å². The monoisotopic (exact) mass is 455 g/mol. The normalized spacial score (nSPS) is 14.8. The molecule has 1 amide bonds. The third-order valence-electron chi connectivity index (χ3n) is 4.91. The van der Waals surface area contributed by atoms with Crippen LogP contribution in [0.25, 0.3) is 6.08 Å². The molecule has 2 aromatic carbocycles. The highest BCUT2D eigenvalue weighted by atomic mass is 35.5. The lowest BCUT2D eigenvalue weighted by Gasteiger charge is -2.18. The van der Waals surface area contributed by atoms with Gasteiger partial charge in [0.2, 0.25) is 0 Å². The predicted octanol–water partition coefficient (Wildman–Crippen LogP) is 5.40. The van der Waals surface area contributed by atoms with Crippen molar-refractivity contribution in [1.29, 1.82) is 0 Å². The second kappa shape index (κ2) is 10.4. The molecule has 0 atom stereocenters. The Morgan fingerprint density at radius 3 is 2.41 bits per heavy atom. The van der Waals surface area contributed by atoms with E-state index >= 15 is 0 Å². The molecule has 2 aromatic rings. The minimum absolute atomic E-state index is 0.219. The maximum Gasteiger partial charge on any atom is 0.340 e. The van der Waals surface area contributed by atoms with Gasteiger partial charge in [-0.2, -0.15) is 0 Å². The van der Waals surface area contributed by atoms with Crippen molar-refractivity contribution in [2.24, 2.45) is 0 Å². The summed E-state index contributed by atoms with van der Waals surface area (Å²) in [6, 6.07) is 12.3. The van der Waals surface area contributed by atoms with Crippen molar-refractivity contribution in [3.63, 3.8) is 0 Å². The molecule has 0 saturated heterocycles. The summed E-state index contributed by atoms with van der Waals surface area (Å²) in [5.74, 6) is 0.313. The number of halogens is 1. The summed E-state index contributed by atoms with van der Waals surface area (Å²) in [7, 11) is 1.29. The Morgan fingerprint density at radius 2 is 1.78 bits per heavy atom. The van der Waals surface area contributed by atoms with E-state index < -0.39 is 5.97 Å². The first-order valence-electron chi connectivity index (χ1n) is 10.4. The van der Waals surface area contributed by atoms with E-state index in [1.807, 2.05) is 19.9 Å². The maximum atomic E-state index is 13.4. The van der Waals surface area contributed by atoms with Crippen LogP contribution >= 0.6 is 11.6 Å². The first-order chi connectivity index (χ1) is 15.4. The van der Waals surface area contributed by atoms with Gasteiger partial charge in [-0.25, -0.2) is 4.79 Å². The first-order valence-corrected chi connectivity index (χ1v) is 10.8. The van der Waals surface area contributed by atoms with Crippen LogP contribution in [0.1, 0.15) is 32.8 Å². The summed E-state index contributed by atoms with van der Waals surface area (Å²) >= 11 is 5.99. The van der Waals surface area contributed by atoms with Crippen LogP contribution in [0, 0.1) is 0 Å². The zero-order valence-electron chi connectivity index (χ0n) is 18.6. The summed E-state index contributed by atoms with van der Waals surface area (Å²) in [4.78, 5) is 27.4. The third kappa shape index (κ3) is 4.81. The van der Waals surface area contributed by atoms with E-state index in [0.717, 1.165) is 6.42 Å². The number of amides is 1. The third-order valence-corrected chi connectivity index (χ3v) is 5.17. The molecular formula is C25H26ClNO5. The number of benzene rings is 2. The van der Waals surface area contributed by atoms with Gasteiger partial charge in [-0.15, -0.1) is 0 Å². The Balaban J connectivity index is 2.06. The van der Waals surface area contributed by atoms with Crippen LogP contribution in [-0.4, -0.2) is 32.2 Å². The minimum Gasteiger partial charge on any atom is -0.490 e. The van der Waals surface area contributed by atoms with Crippen molar-refractivity contribution in [2.75, 3.05) is 25.2 Å². The van der Waals surface area contributed by atoms with Crippen molar-refractivity contribution in [3.05, 3.63) is 69.9 Å². The van der Waals surface area contributed by atoms with Crippen LogP contribution in [-0.2, 0) is 14.3 Å². The smallest absolute Gasteiger partial charge is 0.340 e. The van der Waals surface area contributed by atoms with Gasteiger partial charge in [0.25, 0.3) is 5.91 Å². The molecule has 1 heterocycles. The van der Waals surface area contributed by atoms with E-state index in [1.165, 1.54) is 12.0 Å². The van der Waals surface area contributed by atoms with Gasteiger partial charge in [-0.1, -0.05) is 24.6 Å². The zero-order chi connectivity index (χ0) is 23.3. The Hall–Kier alpha value is -3.25. The van der Waals surface area contributed by atoms with Crippen LogP contribution in [0.2, 0.25) is 5.02 Å². The van der Waals surface area contributed by atoms with Crippen molar-refractivity contribution in [1.82, 2.24) is 0 Å². The van der Waals surface area contributed by atoms with E-state index in [9.17, 15) is 9.59 Å². The predicted molar refractivity (Wildman–Crippen MR) is 125 cm³/mol. The van der Waals surface area contributed by atoms with Crippen molar-refractivity contribution < 1.29 is 23.8 Å². The zero-order valence-corrected chi connectivity index (χ0v) is 19.4. The number of carbonyl (C=O) groups excluding carboxylic acids is 2. The lowest BCUT2D eigenvalue weighted by atomic mass is 10.0. The van der Waals surface area contributed by atoms with Gasteiger partial charge in [-0.3, -0.25) is 9.69 Å². The number of methoxy groups -OCH3 is 1. The fourth-order valence-corrected chi connectivity index (χ4v) is 3.59. The van der Waals surface area contributed by atoms with E-state index in [0.29, 0.717) is 46.7 Å². The molecule has 0 fully saturated rings. The van der Waals surface area contributed by atoms with Crippen molar-refractivity contribution in [3.8, 4) is 11.5 Å². The van der Waals surface area contributed by atoms with Gasteiger partial charge in [0, 0.05) is 16.4 Å². The number of hydrogen-bond donors (Lipinski definition) is 0. The van der Waals surface area contributed by atoms with Crippen LogP contribution in [0.15, 0.2) is 59.3 Å². The van der Waals surface area contributed by atoms with Crippen LogP contribution in [0.4, 0.5) is 5.69 Å². The molecule has 6 nitrogen and oxygen atoms in total. The van der Waals surface area contributed by atoms with Gasteiger partial charge < -0.3 is 14.2 Å². The molecule has 1 aliphatic heterocycles. The first kappa shape index (κ1) is 23.4. The average Bonchev–Trinajstić information content (AvgIpc) is 3.03. The van der Waals surface area contributed by atoms with E-state index in [-0.39, 0.29) is 17.1 Å². The molecule has 7 heteroatoms. The second-order valence-corrected chi connectivity index (χ2v) is 7.55. The number of carbonyl (C=O) groups is 2. The molecule has 32 heavy (non-hydrogen) atoms. The lowest BCUT2D eigenvalue weighted by Crippen LogP contribution is -2.24. The Bertz CT molecular complexity index is 1070. The van der Waals surface area contributed by atoms with Crippen LogP contribution in [0.5, 0.6) is 11.5 Å². The summed E-state index contributed by atoms with van der Waals surface area (Å²) in [6.45, 7) is 6.68. The standard InChI is InChI=1S/C25H26ClNO5/c1-5-13-32-21-12-7-17(15-22(21)31-6-2)14-20-23(25(29)30-4)16(3)27(24(20)28)19-10-8-18(26)9-11-19/h7-12,14-15H,5-6,13H2,1-4H3/b20-14-. The molecule has 3 rings (SSSR count). The molecule has 1 aliphatic rings. The Labute approximate surface area is 193 Å². The Morgan fingerprint density at radius 1 is 1.06 bits per heavy atom. The van der Waals surface area contributed by atoms with Gasteiger partial charge in [-0.05, 0) is 68.3 Å². The number of nitrogens with zero attached hydrogens (tertiary/aromatic N) is 1. The molecule has 0 N–H and O–H groups in total. The molecular weight excluding hydrogens is 430 g/mol. The highest BCUT2D eigenvalue weighted by Crippen LogP contribution is 2.37. The molecule has 0 bridgehead atoms. The Kier molecular flexibility index (Phi) is 7.59. The number of hydrogen-bond acceptors (Lipinski definition) is 5. The molecule has 0 saturated carbocycles. The van der Waals surface area contributed by atoms with Gasteiger partial charge in [0.1, 0.15) is 0 Å². The number of esters is 1. The summed E-state index contributed by atoms with van der Waals surface area (Å²) in [6.07, 6.45) is 2.54. The van der Waals surface area contributed by atoms with Gasteiger partial charge in [0.05, 0.1) is 31.5 Å². The number of rotatable bonds is 8. The highest BCUT2D eigenvalue weighted by molar-refractivity contribution is 6.30. The second-order valence-electron chi connectivity index (χ2n) is 7.11. The summed E-state index contributed by atoms with van der Waals surface area (Å²) in [5, 5.41) is 0.555. The van der Waals surface area contributed by atoms with E-state index in [4.69, 9.17) is 25.8 Å². The van der Waals surface area contributed by atoms with Crippen molar-refractivity contribution in [2.45, 2.75) is 27.2 Å². The molecule has 168 valence electrons. The van der Waals surface area contributed by atoms with Gasteiger partial charge >= 0.3 is 5.97 Å².